The van der Waals surface area contributed by atoms with Crippen LogP contribution in [0.1, 0.15) is 179 Å². The number of fused-ring (bicyclic) bond motifs is 3. The highest BCUT2D eigenvalue weighted by molar-refractivity contribution is 14.1. The van der Waals surface area contributed by atoms with E-state index in [1.165, 1.54) is 89.4 Å². The minimum Gasteiger partial charge on any atom is -0.465 e. The van der Waals surface area contributed by atoms with Gasteiger partial charge in [0, 0.05) is 69.4 Å². The lowest BCUT2D eigenvalue weighted by Gasteiger charge is -2.36. The van der Waals surface area contributed by atoms with Crippen molar-refractivity contribution >= 4 is 162 Å². The van der Waals surface area contributed by atoms with Crippen molar-refractivity contribution in [3.05, 3.63) is 190 Å². The Morgan fingerprint density at radius 1 is 0.480 bits per heavy atom. The number of aromatic amines is 1. The average Bonchev–Trinajstić information content (AvgIpc) is 1.61. The first-order chi connectivity index (χ1) is 56.9. The molecule has 0 spiro atoms. The Balaban J connectivity index is 0.000000260. The number of nitrogens with one attached hydrogen (secondary N) is 2. The molecule has 123 heavy (non-hydrogen) atoms. The molecule has 0 radical (unpaired) electrons. The van der Waals surface area contributed by atoms with Crippen LogP contribution in [0.4, 0.5) is 56.6 Å². The molecule has 0 unspecified atom stereocenters. The monoisotopic (exact) mass is 2000 g/mol. The van der Waals surface area contributed by atoms with Gasteiger partial charge in [-0.25, -0.2) is 55.1 Å². The van der Waals surface area contributed by atoms with E-state index in [-0.39, 0.29) is 64.5 Å². The molecule has 0 saturated heterocycles. The molecule has 0 aliphatic heterocycles. The number of halogens is 11. The number of carbonyl (C=O) groups is 7. The summed E-state index contributed by atoms with van der Waals surface area (Å²) in [7, 11) is 1.85. The van der Waals surface area contributed by atoms with E-state index < -0.39 is 113 Å². The zero-order valence-corrected chi connectivity index (χ0v) is 79.6. The number of hydrogen-bond acceptors (Lipinski definition) is 19. The number of methoxy groups -OCH3 is 6. The number of aliphatic hydroxyl groups excluding tert-OH is 1. The molecule has 3 heterocycles. The number of ether oxygens (including phenoxy) is 6. The SMILES string of the molecule is C#CCO[Si](C)(C)C(C)(C)C.COC(=O)c1cc(I)c(N)cc1F.COC(=O)c1cc(I)c(NC(=O)C(F)(F)F)cc1F.COC(=O)c1cc2cc(CO)n(C3CC3)c2cc1F.COC(=O)c1cc2cc(CO[Si](C)(C)C(C)(C)C)[nH]c2cc1F.COC(=O)c1cc2cc(CO[Si](C)(C)C(C)(C)C)n(C3CC3)c2cc1F.COC(=O)c1ccc(N)cc1F. The summed E-state index contributed by atoms with van der Waals surface area (Å²) >= 11 is 3.47. The van der Waals surface area contributed by atoms with E-state index >= 15 is 0 Å². The maximum atomic E-state index is 14.4. The van der Waals surface area contributed by atoms with Gasteiger partial charge >= 0.3 is 47.9 Å². The second-order valence-electron chi connectivity index (χ2n) is 32.8. The Hall–Kier alpha value is -9.29. The molecule has 11 rings (SSSR count). The first kappa shape index (κ1) is 104. The lowest BCUT2D eigenvalue weighted by molar-refractivity contribution is -0.167. The van der Waals surface area contributed by atoms with E-state index in [1.54, 1.807) is 34.7 Å². The van der Waals surface area contributed by atoms with Crippen LogP contribution in [0.3, 0.4) is 0 Å². The number of aromatic nitrogens is 3. The fraction of sp³-hybridized carbons (Fsp3) is 0.407. The Bertz CT molecular complexity index is 5370. The van der Waals surface area contributed by atoms with Crippen LogP contribution >= 0.6 is 45.2 Å². The third-order valence-corrected chi connectivity index (χ3v) is 36.2. The maximum absolute atomic E-state index is 14.4. The number of carbonyl (C=O) groups excluding carboxylic acids is 7. The van der Waals surface area contributed by atoms with Gasteiger partial charge in [-0.05, 0) is 222 Å². The van der Waals surface area contributed by atoms with Crippen LogP contribution in [-0.4, -0.2) is 141 Å². The summed E-state index contributed by atoms with van der Waals surface area (Å²) in [4.78, 5) is 81.7. The second-order valence-corrected chi connectivity index (χ2v) is 49.5. The lowest BCUT2D eigenvalue weighted by atomic mass is 10.1. The number of nitrogens with zero attached hydrogens (tertiary/aromatic N) is 2. The number of amides is 1. The average molecular weight is 2000 g/mol. The molecule has 670 valence electrons. The van der Waals surface area contributed by atoms with Crippen LogP contribution in [0, 0.1) is 54.4 Å². The molecule has 2 aliphatic rings. The molecule has 37 heteroatoms. The molecule has 9 aromatic rings. The summed E-state index contributed by atoms with van der Waals surface area (Å²) in [6.07, 6.45) is 4.31. The zero-order valence-electron chi connectivity index (χ0n) is 72.3. The summed E-state index contributed by atoms with van der Waals surface area (Å²) in [5.41, 5.74) is 15.0. The number of esters is 6. The molecule has 3 aromatic heterocycles. The van der Waals surface area contributed by atoms with E-state index in [1.807, 2.05) is 39.3 Å². The largest absolute Gasteiger partial charge is 0.471 e. The molecule has 23 nitrogen and oxygen atoms in total. The van der Waals surface area contributed by atoms with Crippen molar-refractivity contribution in [2.75, 3.05) is 66.0 Å². The predicted molar refractivity (Wildman–Crippen MR) is 477 cm³/mol. The number of aliphatic hydroxyl groups is 1. The van der Waals surface area contributed by atoms with Crippen molar-refractivity contribution < 1.29 is 120 Å². The zero-order chi connectivity index (χ0) is 93.3. The Labute approximate surface area is 739 Å². The molecule has 7 N–H and O–H groups in total. The van der Waals surface area contributed by atoms with Gasteiger partial charge in [-0.1, -0.05) is 68.2 Å². The van der Waals surface area contributed by atoms with Crippen molar-refractivity contribution in [3.8, 4) is 12.3 Å². The molecular formula is C86H105F9I2N6O17Si3. The molecule has 6 aromatic carbocycles. The Morgan fingerprint density at radius 3 is 1.24 bits per heavy atom. The number of benzene rings is 6. The number of H-pyrrole nitrogens is 1. The van der Waals surface area contributed by atoms with Gasteiger partial charge in [0.05, 0.1) is 119 Å². The van der Waals surface area contributed by atoms with Gasteiger partial charge in [-0.2, -0.15) is 13.2 Å². The van der Waals surface area contributed by atoms with E-state index in [0.29, 0.717) is 52.7 Å². The third-order valence-electron chi connectivity index (χ3n) is 20.9. The number of terminal acetylenes is 1. The standard InChI is InChI=1S/C20H28FNO3Si.C17H24FNO3Si.C14H14FNO3.C10H6F4INO3.C9H18OSi.C8H7FINO2.C8H8FNO2/c1-20(2,3)26(5,6)25-12-15-9-13-10-16(19(23)24-4)17(21)11-18(13)22(15)14-7-8-14;1-17(2,3)23(5,6)22-10-12-7-11-8-13(16(20)21-4)14(18)9-15(11)19-12;1-19-14(18)11-5-8-4-10(7-17)16(9-2-3-9)13(8)6-12(11)15;1-19-8(17)4-2-6(15)7(3-5(4)11)16-9(18)10(12,13)14;1-7-8-10-11(5,6)9(2,3)4;1-13-8(12)4-2-6(10)7(11)3-5(4)9;1-12-8(11)6-3-2-5(10)4-7(6)9/h9-11,14H,7-8,12H2,1-6H3;7-9,19H,10H2,1-6H3;4-6,9,17H,2-3,7H2,1H3;2-3H,1H3,(H,16,18);1H,8H2,2-6H3;2-3H,11H2,1H3;2-4H,10H2,1H3. The predicted octanol–water partition coefficient (Wildman–Crippen LogP) is 20.8. The van der Waals surface area contributed by atoms with Crippen molar-refractivity contribution in [1.29, 1.82) is 0 Å². The van der Waals surface area contributed by atoms with Crippen molar-refractivity contribution in [3.63, 3.8) is 0 Å². The summed E-state index contributed by atoms with van der Waals surface area (Å²) in [6.45, 7) is 34.3. The number of hydrogen-bond donors (Lipinski definition) is 5. The minimum atomic E-state index is -5.08. The summed E-state index contributed by atoms with van der Waals surface area (Å²) in [5.74, 6) is -8.25. The maximum Gasteiger partial charge on any atom is 0.471 e. The van der Waals surface area contributed by atoms with Gasteiger partial charge in [0.1, 0.15) is 34.9 Å². The summed E-state index contributed by atoms with van der Waals surface area (Å²) in [6, 6.07) is 23.0. The summed E-state index contributed by atoms with van der Waals surface area (Å²) < 4.78 is 168. The second kappa shape index (κ2) is 43.6. The quantitative estimate of drug-likeness (QED) is 0.0101. The summed E-state index contributed by atoms with van der Waals surface area (Å²) in [5, 5.41) is 13.8. The topological polar surface area (TPSA) is 313 Å². The van der Waals surface area contributed by atoms with Gasteiger partial charge in [0.15, 0.2) is 25.0 Å². The van der Waals surface area contributed by atoms with Crippen LogP contribution in [0.25, 0.3) is 32.7 Å². The molecule has 2 saturated carbocycles. The van der Waals surface area contributed by atoms with Crippen LogP contribution in [-0.2, 0) is 66.3 Å². The fourth-order valence-corrected chi connectivity index (χ4v) is 14.4. The first-order valence-electron chi connectivity index (χ1n) is 38.0. The Morgan fingerprint density at radius 2 is 0.837 bits per heavy atom. The van der Waals surface area contributed by atoms with Gasteiger partial charge in [-0.3, -0.25) is 4.79 Å². The first-order valence-corrected chi connectivity index (χ1v) is 48.9. The van der Waals surface area contributed by atoms with Gasteiger partial charge in [-0.15, -0.1) is 6.42 Å². The highest BCUT2D eigenvalue weighted by atomic mass is 127. The number of nitrogen functional groups attached to an aromatic ring is 2. The normalized spacial score (nSPS) is 12.7. The smallest absolute Gasteiger partial charge is 0.465 e. The minimum absolute atomic E-state index is 0.0233. The molecular weight excluding hydrogens is 1900 g/mol. The van der Waals surface area contributed by atoms with E-state index in [9.17, 15) is 78.2 Å². The van der Waals surface area contributed by atoms with Gasteiger partial charge in [0.25, 0.3) is 0 Å². The van der Waals surface area contributed by atoms with E-state index in [4.69, 9.17) is 31.2 Å². The van der Waals surface area contributed by atoms with E-state index in [2.05, 4.69) is 145 Å². The molecule has 1 amide bonds. The number of rotatable bonds is 18. The fourth-order valence-electron chi connectivity index (χ4n) is 10.6. The van der Waals surface area contributed by atoms with Crippen molar-refractivity contribution in [2.45, 2.75) is 180 Å². The number of anilines is 3. The number of alkyl halides is 3. The molecule has 0 bridgehead atoms. The molecule has 2 aliphatic carbocycles. The molecule has 2 fully saturated rings. The third kappa shape index (κ3) is 28.1. The lowest BCUT2D eigenvalue weighted by Crippen LogP contribution is -2.40. The van der Waals surface area contributed by atoms with E-state index in [0.717, 1.165) is 95.3 Å². The molecule has 0 atom stereocenters. The van der Waals surface area contributed by atoms with Crippen LogP contribution in [0.5, 0.6) is 0 Å². The van der Waals surface area contributed by atoms with Gasteiger partial charge in [0.2, 0.25) is 0 Å². The van der Waals surface area contributed by atoms with Crippen LogP contribution < -0.4 is 16.8 Å². The Kier molecular flexibility index (Phi) is 36.9. The van der Waals surface area contributed by atoms with Crippen molar-refractivity contribution in [1.82, 2.24) is 14.1 Å². The number of nitrogens with two attached hydrogens (primary N) is 2. The highest BCUT2D eigenvalue weighted by Gasteiger charge is 2.42. The highest BCUT2D eigenvalue weighted by Crippen LogP contribution is 2.44. The van der Waals surface area contributed by atoms with Crippen LogP contribution in [0.15, 0.2) is 97.1 Å². The van der Waals surface area contributed by atoms with Gasteiger partial charge < -0.3 is 77.7 Å². The van der Waals surface area contributed by atoms with Crippen LogP contribution in [0.2, 0.25) is 54.4 Å². The van der Waals surface area contributed by atoms with Crippen molar-refractivity contribution in [2.24, 2.45) is 0 Å².